The van der Waals surface area contributed by atoms with Crippen molar-refractivity contribution >= 4 is 23.6 Å². The minimum atomic E-state index is -0.645. The third-order valence-corrected chi connectivity index (χ3v) is 6.03. The fourth-order valence-electron chi connectivity index (χ4n) is 3.50. The summed E-state index contributed by atoms with van der Waals surface area (Å²) in [7, 11) is 1.36. The number of nitrogens with zero attached hydrogens (tertiary/aromatic N) is 1. The van der Waals surface area contributed by atoms with Crippen molar-refractivity contribution in [3.63, 3.8) is 0 Å². The molecule has 23 heavy (non-hydrogen) atoms. The highest BCUT2D eigenvalue weighted by atomic mass is 32.2. The van der Waals surface area contributed by atoms with Gasteiger partial charge in [-0.3, -0.25) is 4.79 Å². The Bertz CT molecular complexity index is 792. The fourth-order valence-corrected chi connectivity index (χ4v) is 5.17. The number of esters is 1. The normalized spacial score (nSPS) is 25.2. The molecule has 1 unspecified atom stereocenters. The van der Waals surface area contributed by atoms with Crippen LogP contribution in [0.15, 0.2) is 54.6 Å². The first-order chi connectivity index (χ1) is 11.2. The molecule has 4 nitrogen and oxygen atoms in total. The van der Waals surface area contributed by atoms with Gasteiger partial charge >= 0.3 is 5.97 Å². The second kappa shape index (κ2) is 5.13. The van der Waals surface area contributed by atoms with Gasteiger partial charge in [-0.25, -0.2) is 4.79 Å². The highest BCUT2D eigenvalue weighted by molar-refractivity contribution is 8.00. The van der Waals surface area contributed by atoms with Crippen molar-refractivity contribution in [2.45, 2.75) is 10.9 Å². The van der Waals surface area contributed by atoms with Gasteiger partial charge in [0.25, 0.3) is 5.91 Å². The van der Waals surface area contributed by atoms with Gasteiger partial charge < -0.3 is 9.64 Å². The summed E-state index contributed by atoms with van der Waals surface area (Å²) in [6.07, 6.45) is 0. The predicted octanol–water partition coefficient (Wildman–Crippen LogP) is 2.63. The molecule has 2 atom stereocenters. The molecule has 2 aromatic carbocycles. The molecule has 1 fully saturated rings. The SMILES string of the molecule is COC(=O)[C@H]1CSC2(c3ccccc3)c3ccccc3C(=O)N12. The van der Waals surface area contributed by atoms with Crippen LogP contribution in [0.1, 0.15) is 21.5 Å². The van der Waals surface area contributed by atoms with Crippen molar-refractivity contribution in [2.24, 2.45) is 0 Å². The number of hydrogen-bond acceptors (Lipinski definition) is 4. The molecule has 1 saturated heterocycles. The number of hydrogen-bond donors (Lipinski definition) is 0. The number of benzene rings is 2. The van der Waals surface area contributed by atoms with E-state index in [1.165, 1.54) is 7.11 Å². The van der Waals surface area contributed by atoms with E-state index in [-0.39, 0.29) is 11.9 Å². The lowest BCUT2D eigenvalue weighted by Gasteiger charge is -2.34. The van der Waals surface area contributed by atoms with Crippen LogP contribution in [-0.4, -0.2) is 35.7 Å². The molecule has 2 aliphatic heterocycles. The van der Waals surface area contributed by atoms with Crippen LogP contribution in [0.4, 0.5) is 0 Å². The summed E-state index contributed by atoms with van der Waals surface area (Å²) in [6.45, 7) is 0. The molecule has 0 bridgehead atoms. The summed E-state index contributed by atoms with van der Waals surface area (Å²) in [5.41, 5.74) is 2.62. The topological polar surface area (TPSA) is 46.6 Å². The first kappa shape index (κ1) is 14.3. The van der Waals surface area contributed by atoms with Crippen molar-refractivity contribution in [3.8, 4) is 0 Å². The standard InChI is InChI=1S/C18H15NO3S/c1-22-17(21)15-11-23-18(12-7-3-2-4-8-12)14-10-6-5-9-13(14)16(20)19(15)18/h2-10,15H,11H2,1H3/t15-,18?/m1/s1. The van der Waals surface area contributed by atoms with E-state index in [9.17, 15) is 9.59 Å². The first-order valence-electron chi connectivity index (χ1n) is 7.40. The minimum Gasteiger partial charge on any atom is -0.467 e. The molecule has 0 saturated carbocycles. The van der Waals surface area contributed by atoms with Gasteiger partial charge in [-0.2, -0.15) is 0 Å². The lowest BCUT2D eigenvalue weighted by Crippen LogP contribution is -2.47. The van der Waals surface area contributed by atoms with Crippen molar-refractivity contribution in [1.29, 1.82) is 0 Å². The zero-order chi connectivity index (χ0) is 16.0. The quantitative estimate of drug-likeness (QED) is 0.797. The Kier molecular flexibility index (Phi) is 3.20. The lowest BCUT2D eigenvalue weighted by atomic mass is 9.97. The monoisotopic (exact) mass is 325 g/mol. The van der Waals surface area contributed by atoms with Crippen LogP contribution < -0.4 is 0 Å². The van der Waals surface area contributed by atoms with E-state index in [1.54, 1.807) is 16.7 Å². The van der Waals surface area contributed by atoms with Gasteiger partial charge in [0.2, 0.25) is 0 Å². The molecule has 0 radical (unpaired) electrons. The van der Waals surface area contributed by atoms with Crippen LogP contribution >= 0.6 is 11.8 Å². The van der Waals surface area contributed by atoms with E-state index in [1.807, 2.05) is 54.6 Å². The molecule has 2 aliphatic rings. The Morgan fingerprint density at radius 1 is 1.17 bits per heavy atom. The van der Waals surface area contributed by atoms with Gasteiger partial charge in [-0.1, -0.05) is 48.5 Å². The molecular weight excluding hydrogens is 310 g/mol. The number of carbonyl (C=O) groups is 2. The second-order valence-corrected chi connectivity index (χ2v) is 6.79. The molecule has 116 valence electrons. The molecule has 0 aromatic heterocycles. The van der Waals surface area contributed by atoms with Crippen LogP contribution in [0.3, 0.4) is 0 Å². The number of fused-ring (bicyclic) bond motifs is 3. The first-order valence-corrected chi connectivity index (χ1v) is 8.39. The summed E-state index contributed by atoms with van der Waals surface area (Å²) in [5.74, 6) is 0.0584. The van der Waals surface area contributed by atoms with Gasteiger partial charge in [0, 0.05) is 16.9 Å². The fraction of sp³-hybridized carbons (Fsp3) is 0.222. The van der Waals surface area contributed by atoms with Crippen LogP contribution in [0, 0.1) is 0 Å². The van der Waals surface area contributed by atoms with Gasteiger partial charge in [0.05, 0.1) is 7.11 Å². The maximum absolute atomic E-state index is 13.0. The number of methoxy groups -OCH3 is 1. The summed E-state index contributed by atoms with van der Waals surface area (Å²) in [5, 5.41) is 0. The Labute approximate surface area is 138 Å². The minimum absolute atomic E-state index is 0.107. The summed E-state index contributed by atoms with van der Waals surface area (Å²) in [4.78, 5) is 26.2. The van der Waals surface area contributed by atoms with E-state index in [2.05, 4.69) is 0 Å². The molecular formula is C18H15NO3S. The lowest BCUT2D eigenvalue weighted by molar-refractivity contribution is -0.145. The molecule has 0 aliphatic carbocycles. The van der Waals surface area contributed by atoms with Crippen molar-refractivity contribution in [2.75, 3.05) is 12.9 Å². The zero-order valence-corrected chi connectivity index (χ0v) is 13.4. The zero-order valence-electron chi connectivity index (χ0n) is 12.6. The van der Waals surface area contributed by atoms with E-state index in [0.717, 1.165) is 11.1 Å². The van der Waals surface area contributed by atoms with Gasteiger partial charge in [-0.05, 0) is 11.6 Å². The number of amides is 1. The average Bonchev–Trinajstić information content (AvgIpc) is 3.12. The molecule has 1 amide bonds. The van der Waals surface area contributed by atoms with E-state index in [4.69, 9.17) is 4.74 Å². The molecule has 0 N–H and O–H groups in total. The summed E-state index contributed by atoms with van der Waals surface area (Å²) >= 11 is 1.62. The predicted molar refractivity (Wildman–Crippen MR) is 88.1 cm³/mol. The maximum atomic E-state index is 13.0. The number of carbonyl (C=O) groups excluding carboxylic acids is 2. The molecule has 0 spiro atoms. The Morgan fingerprint density at radius 3 is 2.61 bits per heavy atom. The number of thioether (sulfide) groups is 1. The van der Waals surface area contributed by atoms with Crippen LogP contribution in [0.25, 0.3) is 0 Å². The van der Waals surface area contributed by atoms with Crippen LogP contribution in [0.2, 0.25) is 0 Å². The number of ether oxygens (including phenoxy) is 1. The Balaban J connectivity index is 1.96. The van der Waals surface area contributed by atoms with E-state index < -0.39 is 10.9 Å². The molecule has 2 aromatic rings. The highest BCUT2D eigenvalue weighted by Gasteiger charge is 2.59. The van der Waals surface area contributed by atoms with Gasteiger partial charge in [0.1, 0.15) is 10.9 Å². The maximum Gasteiger partial charge on any atom is 0.329 e. The van der Waals surface area contributed by atoms with E-state index in [0.29, 0.717) is 11.3 Å². The summed E-state index contributed by atoms with van der Waals surface area (Å²) in [6, 6.07) is 16.9. The molecule has 2 heterocycles. The van der Waals surface area contributed by atoms with Crippen molar-refractivity contribution in [3.05, 3.63) is 71.3 Å². The number of rotatable bonds is 2. The van der Waals surface area contributed by atoms with Crippen molar-refractivity contribution in [1.82, 2.24) is 4.90 Å². The average molecular weight is 325 g/mol. The van der Waals surface area contributed by atoms with E-state index >= 15 is 0 Å². The van der Waals surface area contributed by atoms with Crippen LogP contribution in [-0.2, 0) is 14.4 Å². The second-order valence-electron chi connectivity index (χ2n) is 5.58. The largest absolute Gasteiger partial charge is 0.467 e. The third kappa shape index (κ3) is 1.80. The highest BCUT2D eigenvalue weighted by Crippen LogP contribution is 2.57. The van der Waals surface area contributed by atoms with Gasteiger partial charge in [0.15, 0.2) is 0 Å². The molecule has 5 heteroatoms. The summed E-state index contributed by atoms with van der Waals surface area (Å²) < 4.78 is 4.92. The van der Waals surface area contributed by atoms with Crippen LogP contribution in [0.5, 0.6) is 0 Å². The third-order valence-electron chi connectivity index (χ3n) is 4.48. The van der Waals surface area contributed by atoms with Crippen molar-refractivity contribution < 1.29 is 14.3 Å². The molecule has 4 rings (SSSR count). The van der Waals surface area contributed by atoms with Gasteiger partial charge in [-0.15, -0.1) is 11.8 Å². The Morgan fingerprint density at radius 2 is 1.87 bits per heavy atom. The smallest absolute Gasteiger partial charge is 0.329 e. The Hall–Kier alpha value is -2.27.